The molecule has 0 aliphatic carbocycles. The highest BCUT2D eigenvalue weighted by molar-refractivity contribution is 5.52. The van der Waals surface area contributed by atoms with E-state index in [0.29, 0.717) is 12.5 Å². The predicted octanol–water partition coefficient (Wildman–Crippen LogP) is 0.706. The fraction of sp³-hybridized carbons (Fsp3) is 0.333. The average molecular weight is 249 g/mol. The van der Waals surface area contributed by atoms with Crippen LogP contribution in [0.4, 0.5) is 11.6 Å². The van der Waals surface area contributed by atoms with Gasteiger partial charge in [-0.1, -0.05) is 0 Å². The maximum atomic E-state index is 11.1. The van der Waals surface area contributed by atoms with E-state index in [0.717, 1.165) is 0 Å². The van der Waals surface area contributed by atoms with E-state index in [4.69, 9.17) is 0 Å². The normalized spacial score (nSPS) is 10.3. The molecule has 0 fully saturated rings. The molecule has 2 aromatic rings. The Kier molecular flexibility index (Phi) is 3.13. The highest BCUT2D eigenvalue weighted by Crippen LogP contribution is 2.24. The Balaban J connectivity index is 2.63. The molecule has 0 atom stereocenters. The lowest BCUT2D eigenvalue weighted by molar-refractivity contribution is -0.385. The zero-order chi connectivity index (χ0) is 13.1. The number of rotatable bonds is 4. The first-order valence-electron chi connectivity index (χ1n) is 5.25. The lowest BCUT2D eigenvalue weighted by Crippen LogP contribution is -2.11. The van der Waals surface area contributed by atoms with Gasteiger partial charge in [0.15, 0.2) is 0 Å². The summed E-state index contributed by atoms with van der Waals surface area (Å²) in [5.74, 6) is 0.423. The molecule has 0 bridgehead atoms. The van der Waals surface area contributed by atoms with Crippen LogP contribution in [0.1, 0.15) is 12.6 Å². The predicted molar refractivity (Wildman–Crippen MR) is 62.5 cm³/mol. The minimum absolute atomic E-state index is 0.0981. The van der Waals surface area contributed by atoms with Crippen LogP contribution in [0.15, 0.2) is 12.7 Å². The van der Waals surface area contributed by atoms with Gasteiger partial charge in [-0.25, -0.2) is 9.97 Å². The Morgan fingerprint density at radius 1 is 1.50 bits per heavy atom. The van der Waals surface area contributed by atoms with E-state index in [9.17, 15) is 10.1 Å². The second-order valence-corrected chi connectivity index (χ2v) is 3.43. The van der Waals surface area contributed by atoms with Gasteiger partial charge in [-0.15, -0.1) is 0 Å². The molecule has 0 aliphatic rings. The zero-order valence-electron chi connectivity index (χ0n) is 9.86. The fourth-order valence-corrected chi connectivity index (χ4v) is 1.48. The Morgan fingerprint density at radius 3 is 2.83 bits per heavy atom. The van der Waals surface area contributed by atoms with Crippen LogP contribution in [-0.4, -0.2) is 36.2 Å². The second kappa shape index (κ2) is 4.73. The summed E-state index contributed by atoms with van der Waals surface area (Å²) in [4.78, 5) is 22.4. The highest BCUT2D eigenvalue weighted by Gasteiger charge is 2.23. The van der Waals surface area contributed by atoms with Gasteiger partial charge in [0.25, 0.3) is 0 Å². The Labute approximate surface area is 102 Å². The average Bonchev–Trinajstić information content (AvgIpc) is 2.81. The molecule has 9 heteroatoms. The number of anilines is 1. The lowest BCUT2D eigenvalue weighted by Gasteiger charge is -2.07. The maximum Gasteiger partial charge on any atom is 0.334 e. The summed E-state index contributed by atoms with van der Waals surface area (Å²) >= 11 is 0. The molecule has 18 heavy (non-hydrogen) atoms. The SMILES string of the molecule is CCNc1nc(C)c([N+](=O)[O-])c(-n2cncn2)n1. The zero-order valence-corrected chi connectivity index (χ0v) is 9.86. The van der Waals surface area contributed by atoms with Gasteiger partial charge in [0.05, 0.1) is 4.92 Å². The Hall–Kier alpha value is -2.58. The number of aryl methyl sites for hydroxylation is 1. The van der Waals surface area contributed by atoms with Crippen LogP contribution in [-0.2, 0) is 0 Å². The molecule has 2 heterocycles. The Morgan fingerprint density at radius 2 is 2.28 bits per heavy atom. The van der Waals surface area contributed by atoms with Gasteiger partial charge in [-0.3, -0.25) is 10.1 Å². The van der Waals surface area contributed by atoms with Crippen LogP contribution in [0.25, 0.3) is 5.82 Å². The summed E-state index contributed by atoms with van der Waals surface area (Å²) in [5.41, 5.74) is 0.0959. The van der Waals surface area contributed by atoms with E-state index in [-0.39, 0.29) is 17.2 Å². The largest absolute Gasteiger partial charge is 0.354 e. The molecule has 9 nitrogen and oxygen atoms in total. The van der Waals surface area contributed by atoms with Crippen LogP contribution < -0.4 is 5.32 Å². The van der Waals surface area contributed by atoms with Crippen molar-refractivity contribution in [2.24, 2.45) is 0 Å². The van der Waals surface area contributed by atoms with Crippen molar-refractivity contribution >= 4 is 11.6 Å². The number of hydrogen-bond acceptors (Lipinski definition) is 7. The smallest absolute Gasteiger partial charge is 0.334 e. The molecule has 0 radical (unpaired) electrons. The molecule has 0 spiro atoms. The van der Waals surface area contributed by atoms with Crippen LogP contribution in [0, 0.1) is 17.0 Å². The van der Waals surface area contributed by atoms with E-state index in [1.54, 1.807) is 6.92 Å². The van der Waals surface area contributed by atoms with Crippen LogP contribution in [0.3, 0.4) is 0 Å². The molecule has 0 aliphatic heterocycles. The van der Waals surface area contributed by atoms with E-state index in [1.165, 1.54) is 17.3 Å². The molecule has 0 amide bonds. The number of nitrogens with zero attached hydrogens (tertiary/aromatic N) is 6. The molecule has 0 unspecified atom stereocenters. The van der Waals surface area contributed by atoms with Crippen molar-refractivity contribution in [3.63, 3.8) is 0 Å². The highest BCUT2D eigenvalue weighted by atomic mass is 16.6. The van der Waals surface area contributed by atoms with Crippen molar-refractivity contribution in [3.05, 3.63) is 28.5 Å². The van der Waals surface area contributed by atoms with Crippen molar-refractivity contribution < 1.29 is 4.92 Å². The van der Waals surface area contributed by atoms with E-state index in [1.807, 2.05) is 6.92 Å². The first-order chi connectivity index (χ1) is 8.63. The molecule has 0 saturated heterocycles. The van der Waals surface area contributed by atoms with Gasteiger partial charge < -0.3 is 5.32 Å². The van der Waals surface area contributed by atoms with Crippen molar-refractivity contribution in [2.75, 3.05) is 11.9 Å². The summed E-state index contributed by atoms with van der Waals surface area (Å²) in [5, 5.41) is 17.8. The molecule has 1 N–H and O–H groups in total. The van der Waals surface area contributed by atoms with Gasteiger partial charge in [-0.2, -0.15) is 14.8 Å². The molecule has 0 saturated carbocycles. The number of nitrogens with one attached hydrogen (secondary N) is 1. The number of hydrogen-bond donors (Lipinski definition) is 1. The van der Waals surface area contributed by atoms with Crippen molar-refractivity contribution in [2.45, 2.75) is 13.8 Å². The minimum atomic E-state index is -0.526. The van der Waals surface area contributed by atoms with Gasteiger partial charge in [0.2, 0.25) is 11.8 Å². The molecule has 0 aromatic carbocycles. The summed E-state index contributed by atoms with van der Waals surface area (Å²) in [6.07, 6.45) is 2.64. The standard InChI is InChI=1S/C9H11N7O2/c1-3-11-9-13-6(2)7(16(17)18)8(14-9)15-5-10-4-12-15/h4-5H,3H2,1-2H3,(H,11,13,14). The third kappa shape index (κ3) is 2.10. The first kappa shape index (κ1) is 11.9. The Bertz CT molecular complexity index is 567. The first-order valence-corrected chi connectivity index (χ1v) is 5.25. The van der Waals surface area contributed by atoms with Crippen molar-refractivity contribution in [3.8, 4) is 5.82 Å². The second-order valence-electron chi connectivity index (χ2n) is 3.43. The van der Waals surface area contributed by atoms with Gasteiger partial charge in [-0.05, 0) is 13.8 Å². The fourth-order valence-electron chi connectivity index (χ4n) is 1.48. The quantitative estimate of drug-likeness (QED) is 0.627. The summed E-state index contributed by atoms with van der Waals surface area (Å²) in [6, 6.07) is 0. The third-order valence-electron chi connectivity index (χ3n) is 2.19. The van der Waals surface area contributed by atoms with Crippen molar-refractivity contribution in [1.82, 2.24) is 24.7 Å². The maximum absolute atomic E-state index is 11.1. The summed E-state index contributed by atoms with van der Waals surface area (Å²) < 4.78 is 1.24. The van der Waals surface area contributed by atoms with Crippen LogP contribution in [0.2, 0.25) is 0 Å². The van der Waals surface area contributed by atoms with Crippen LogP contribution in [0.5, 0.6) is 0 Å². The minimum Gasteiger partial charge on any atom is -0.354 e. The lowest BCUT2D eigenvalue weighted by atomic mass is 10.3. The molecule has 2 aromatic heterocycles. The molecule has 94 valence electrons. The molecular weight excluding hydrogens is 238 g/mol. The summed E-state index contributed by atoms with van der Waals surface area (Å²) in [6.45, 7) is 4.06. The molecular formula is C9H11N7O2. The van der Waals surface area contributed by atoms with E-state index >= 15 is 0 Å². The van der Waals surface area contributed by atoms with Crippen LogP contribution >= 0.6 is 0 Å². The van der Waals surface area contributed by atoms with Gasteiger partial charge in [0.1, 0.15) is 18.3 Å². The van der Waals surface area contributed by atoms with Crippen molar-refractivity contribution in [1.29, 1.82) is 0 Å². The number of aromatic nitrogens is 5. The monoisotopic (exact) mass is 249 g/mol. The van der Waals surface area contributed by atoms with Gasteiger partial charge >= 0.3 is 5.69 Å². The molecule has 2 rings (SSSR count). The summed E-state index contributed by atoms with van der Waals surface area (Å²) in [7, 11) is 0. The topological polar surface area (TPSA) is 112 Å². The third-order valence-corrected chi connectivity index (χ3v) is 2.19. The van der Waals surface area contributed by atoms with Gasteiger partial charge in [0, 0.05) is 6.54 Å². The number of nitro groups is 1. The van der Waals surface area contributed by atoms with E-state index < -0.39 is 4.92 Å². The van der Waals surface area contributed by atoms with E-state index in [2.05, 4.69) is 25.4 Å².